The van der Waals surface area contributed by atoms with E-state index in [0.29, 0.717) is 29.4 Å². The zero-order chi connectivity index (χ0) is 24.1. The standard InChI is InChI=1S/C26H27N3O5/c1-4-32-21-11-9-17-7-5-6-8-19(17)20(21)14-27-29-26(31)24(16(2)3)28-25(30)18-10-12-22-23(13-18)34-15-33-22/h5-14,16,24H,4,15H2,1-3H3,(H,28,30)(H,29,31)/b27-14+. The van der Waals surface area contributed by atoms with Gasteiger partial charge < -0.3 is 19.5 Å². The van der Waals surface area contributed by atoms with Crippen molar-refractivity contribution in [1.82, 2.24) is 10.7 Å². The molecule has 176 valence electrons. The van der Waals surface area contributed by atoms with Gasteiger partial charge >= 0.3 is 0 Å². The van der Waals surface area contributed by atoms with Crippen LogP contribution in [0.15, 0.2) is 59.7 Å². The van der Waals surface area contributed by atoms with Crippen molar-refractivity contribution < 1.29 is 23.8 Å². The van der Waals surface area contributed by atoms with E-state index >= 15 is 0 Å². The summed E-state index contributed by atoms with van der Waals surface area (Å²) in [5.74, 6) is 0.801. The summed E-state index contributed by atoms with van der Waals surface area (Å²) in [5, 5.41) is 8.96. The Labute approximate surface area is 197 Å². The lowest BCUT2D eigenvalue weighted by atomic mass is 10.0. The second-order valence-corrected chi connectivity index (χ2v) is 8.13. The molecule has 0 spiro atoms. The van der Waals surface area contributed by atoms with Gasteiger partial charge in [0.2, 0.25) is 6.79 Å². The van der Waals surface area contributed by atoms with Crippen molar-refractivity contribution in [1.29, 1.82) is 0 Å². The van der Waals surface area contributed by atoms with Crippen molar-refractivity contribution in [3.63, 3.8) is 0 Å². The largest absolute Gasteiger partial charge is 0.493 e. The third-order valence-corrected chi connectivity index (χ3v) is 5.47. The van der Waals surface area contributed by atoms with E-state index in [1.807, 2.05) is 57.2 Å². The SMILES string of the molecule is CCOc1ccc2ccccc2c1/C=N/NC(=O)C(NC(=O)c1ccc2c(c1)OCO2)C(C)C. The number of rotatable bonds is 8. The molecule has 2 N–H and O–H groups in total. The minimum atomic E-state index is -0.783. The first-order valence-corrected chi connectivity index (χ1v) is 11.2. The molecule has 0 saturated carbocycles. The van der Waals surface area contributed by atoms with Crippen LogP contribution < -0.4 is 25.0 Å². The van der Waals surface area contributed by atoms with Gasteiger partial charge in [0.25, 0.3) is 11.8 Å². The number of benzene rings is 3. The molecule has 0 aliphatic carbocycles. The maximum Gasteiger partial charge on any atom is 0.262 e. The molecule has 0 fully saturated rings. The number of fused-ring (bicyclic) bond motifs is 2. The molecule has 3 aromatic rings. The Morgan fingerprint density at radius 3 is 2.68 bits per heavy atom. The number of nitrogens with zero attached hydrogens (tertiary/aromatic N) is 1. The Bertz CT molecular complexity index is 1240. The van der Waals surface area contributed by atoms with Crippen LogP contribution in [0.5, 0.6) is 17.2 Å². The maximum atomic E-state index is 12.9. The van der Waals surface area contributed by atoms with Crippen LogP contribution in [0, 0.1) is 5.92 Å². The predicted molar refractivity (Wildman–Crippen MR) is 130 cm³/mol. The molecule has 3 aromatic carbocycles. The van der Waals surface area contributed by atoms with Gasteiger partial charge in [-0.3, -0.25) is 9.59 Å². The minimum absolute atomic E-state index is 0.122. The molecule has 8 nitrogen and oxygen atoms in total. The van der Waals surface area contributed by atoms with Crippen molar-refractivity contribution >= 4 is 28.8 Å². The minimum Gasteiger partial charge on any atom is -0.493 e. The van der Waals surface area contributed by atoms with Crippen LogP contribution in [0.25, 0.3) is 10.8 Å². The number of hydrogen-bond donors (Lipinski definition) is 2. The molecule has 1 aliphatic heterocycles. The molecule has 1 atom stereocenters. The third kappa shape index (κ3) is 4.96. The van der Waals surface area contributed by atoms with Crippen LogP contribution in [0.3, 0.4) is 0 Å². The van der Waals surface area contributed by atoms with E-state index in [9.17, 15) is 9.59 Å². The monoisotopic (exact) mass is 461 g/mol. The van der Waals surface area contributed by atoms with Crippen molar-refractivity contribution in [2.45, 2.75) is 26.8 Å². The van der Waals surface area contributed by atoms with E-state index in [1.165, 1.54) is 0 Å². The normalized spacial score (nSPS) is 13.3. The van der Waals surface area contributed by atoms with E-state index in [1.54, 1.807) is 24.4 Å². The molecule has 4 rings (SSSR count). The fraction of sp³-hybridized carbons (Fsp3) is 0.269. The summed E-state index contributed by atoms with van der Waals surface area (Å²) in [4.78, 5) is 25.7. The highest BCUT2D eigenvalue weighted by Crippen LogP contribution is 2.32. The molecular weight excluding hydrogens is 434 g/mol. The molecule has 1 heterocycles. The molecule has 34 heavy (non-hydrogen) atoms. The Balaban J connectivity index is 1.48. The van der Waals surface area contributed by atoms with Crippen LogP contribution in [-0.2, 0) is 4.79 Å². The average molecular weight is 462 g/mol. The summed E-state index contributed by atoms with van der Waals surface area (Å²) in [5.41, 5.74) is 3.71. The highest BCUT2D eigenvalue weighted by Gasteiger charge is 2.25. The Morgan fingerprint density at radius 1 is 1.09 bits per heavy atom. The number of hydrogen-bond acceptors (Lipinski definition) is 6. The average Bonchev–Trinajstić information content (AvgIpc) is 3.31. The summed E-state index contributed by atoms with van der Waals surface area (Å²) in [6.07, 6.45) is 1.57. The van der Waals surface area contributed by atoms with Gasteiger partial charge in [0.1, 0.15) is 11.8 Å². The van der Waals surface area contributed by atoms with Crippen LogP contribution >= 0.6 is 0 Å². The first-order valence-electron chi connectivity index (χ1n) is 11.2. The van der Waals surface area contributed by atoms with Gasteiger partial charge in [-0.1, -0.05) is 44.2 Å². The highest BCUT2D eigenvalue weighted by molar-refractivity contribution is 6.03. The molecule has 8 heteroatoms. The Kier molecular flexibility index (Phi) is 6.96. The Morgan fingerprint density at radius 2 is 1.88 bits per heavy atom. The molecule has 2 amide bonds. The second kappa shape index (κ2) is 10.2. The molecule has 0 saturated heterocycles. The van der Waals surface area contributed by atoms with Gasteiger partial charge in [0.15, 0.2) is 11.5 Å². The fourth-order valence-corrected chi connectivity index (χ4v) is 3.72. The number of ether oxygens (including phenoxy) is 3. The van der Waals surface area contributed by atoms with Crippen LogP contribution in [0.4, 0.5) is 0 Å². The topological polar surface area (TPSA) is 98.2 Å². The van der Waals surface area contributed by atoms with Crippen molar-refractivity contribution in [2.75, 3.05) is 13.4 Å². The van der Waals surface area contributed by atoms with Gasteiger partial charge in [-0.05, 0) is 47.9 Å². The predicted octanol–water partition coefficient (Wildman–Crippen LogP) is 3.87. The molecule has 1 unspecified atom stereocenters. The second-order valence-electron chi connectivity index (χ2n) is 8.13. The summed E-state index contributed by atoms with van der Waals surface area (Å²) in [7, 11) is 0. The van der Waals surface area contributed by atoms with Gasteiger partial charge in [-0.25, -0.2) is 5.43 Å². The van der Waals surface area contributed by atoms with Crippen LogP contribution in [-0.4, -0.2) is 37.5 Å². The zero-order valence-corrected chi connectivity index (χ0v) is 19.3. The first kappa shape index (κ1) is 23.1. The lowest BCUT2D eigenvalue weighted by Gasteiger charge is -2.20. The summed E-state index contributed by atoms with van der Waals surface area (Å²) in [6.45, 7) is 6.25. The number of nitrogens with one attached hydrogen (secondary N) is 2. The van der Waals surface area contributed by atoms with Gasteiger partial charge in [0, 0.05) is 11.1 Å². The lowest BCUT2D eigenvalue weighted by Crippen LogP contribution is -2.48. The first-order chi connectivity index (χ1) is 16.5. The number of hydrazone groups is 1. The van der Waals surface area contributed by atoms with E-state index in [0.717, 1.165) is 16.3 Å². The van der Waals surface area contributed by atoms with Crippen LogP contribution in [0.1, 0.15) is 36.7 Å². The fourth-order valence-electron chi connectivity index (χ4n) is 3.72. The third-order valence-electron chi connectivity index (χ3n) is 5.47. The molecule has 0 aromatic heterocycles. The van der Waals surface area contributed by atoms with Crippen molar-refractivity contribution in [3.05, 3.63) is 65.7 Å². The van der Waals surface area contributed by atoms with E-state index in [-0.39, 0.29) is 18.6 Å². The summed E-state index contributed by atoms with van der Waals surface area (Å²) < 4.78 is 16.4. The summed E-state index contributed by atoms with van der Waals surface area (Å²) in [6, 6.07) is 15.9. The zero-order valence-electron chi connectivity index (χ0n) is 19.3. The quantitative estimate of drug-likeness (QED) is 0.392. The smallest absolute Gasteiger partial charge is 0.262 e. The van der Waals surface area contributed by atoms with E-state index < -0.39 is 11.9 Å². The molecule has 0 radical (unpaired) electrons. The molecular formula is C26H27N3O5. The molecule has 0 bridgehead atoms. The Hall–Kier alpha value is -4.07. The van der Waals surface area contributed by atoms with Crippen LogP contribution in [0.2, 0.25) is 0 Å². The summed E-state index contributed by atoms with van der Waals surface area (Å²) >= 11 is 0. The number of carbonyl (C=O) groups is 2. The van der Waals surface area contributed by atoms with Crippen molar-refractivity contribution in [3.8, 4) is 17.2 Å². The number of amides is 2. The van der Waals surface area contributed by atoms with Crippen molar-refractivity contribution in [2.24, 2.45) is 11.0 Å². The highest BCUT2D eigenvalue weighted by atomic mass is 16.7. The van der Waals surface area contributed by atoms with Gasteiger partial charge in [-0.15, -0.1) is 0 Å². The van der Waals surface area contributed by atoms with Gasteiger partial charge in [0.05, 0.1) is 12.8 Å². The maximum absolute atomic E-state index is 12.9. The molecule has 1 aliphatic rings. The van der Waals surface area contributed by atoms with E-state index in [4.69, 9.17) is 14.2 Å². The number of carbonyl (C=O) groups excluding carboxylic acids is 2. The lowest BCUT2D eigenvalue weighted by molar-refractivity contribution is -0.123. The van der Waals surface area contributed by atoms with E-state index in [2.05, 4.69) is 15.8 Å². The van der Waals surface area contributed by atoms with Gasteiger partial charge in [-0.2, -0.15) is 5.10 Å².